The first-order valence-electron chi connectivity index (χ1n) is 6.26. The molecule has 2 rings (SSSR count). The molecule has 1 atom stereocenters. The zero-order valence-corrected chi connectivity index (χ0v) is 10.7. The largest absolute Gasteiger partial charge is 0.493 e. The molecule has 0 saturated carbocycles. The average Bonchev–Trinajstić information content (AvgIpc) is 2.76. The maximum atomic E-state index is 5.50. The lowest BCUT2D eigenvalue weighted by molar-refractivity contribution is 0.172. The van der Waals surface area contributed by atoms with E-state index in [9.17, 15) is 0 Å². The molecular formula is C14H21NO2. The van der Waals surface area contributed by atoms with E-state index in [1.54, 1.807) is 7.11 Å². The van der Waals surface area contributed by atoms with Gasteiger partial charge >= 0.3 is 0 Å². The highest BCUT2D eigenvalue weighted by Gasteiger charge is 2.11. The molecule has 0 saturated heterocycles. The molecule has 0 radical (unpaired) electrons. The number of methoxy groups -OCH3 is 1. The van der Waals surface area contributed by atoms with Crippen LogP contribution in [0, 0.1) is 0 Å². The number of ether oxygens (including phenoxy) is 2. The van der Waals surface area contributed by atoms with E-state index in [0.717, 1.165) is 38.3 Å². The number of hydrogen-bond donors (Lipinski definition) is 1. The van der Waals surface area contributed by atoms with Crippen LogP contribution < -0.4 is 10.1 Å². The minimum Gasteiger partial charge on any atom is -0.493 e. The molecule has 0 spiro atoms. The molecule has 0 aliphatic carbocycles. The Morgan fingerprint density at radius 2 is 2.35 bits per heavy atom. The summed E-state index contributed by atoms with van der Waals surface area (Å²) in [6.45, 7) is 4.73. The monoisotopic (exact) mass is 235 g/mol. The van der Waals surface area contributed by atoms with E-state index in [1.807, 2.05) is 0 Å². The van der Waals surface area contributed by atoms with Crippen LogP contribution in [0.25, 0.3) is 0 Å². The molecule has 3 heteroatoms. The Kier molecular flexibility index (Phi) is 4.40. The first kappa shape index (κ1) is 12.4. The van der Waals surface area contributed by atoms with Gasteiger partial charge in [-0.1, -0.05) is 12.1 Å². The van der Waals surface area contributed by atoms with E-state index >= 15 is 0 Å². The number of benzene rings is 1. The van der Waals surface area contributed by atoms with Crippen molar-refractivity contribution in [2.24, 2.45) is 0 Å². The van der Waals surface area contributed by atoms with Crippen molar-refractivity contribution in [2.45, 2.75) is 25.8 Å². The molecule has 0 bridgehead atoms. The van der Waals surface area contributed by atoms with Crippen LogP contribution in [-0.2, 0) is 17.6 Å². The van der Waals surface area contributed by atoms with Crippen LogP contribution in [0.4, 0.5) is 0 Å². The summed E-state index contributed by atoms with van der Waals surface area (Å²) < 4.78 is 10.6. The van der Waals surface area contributed by atoms with Gasteiger partial charge in [-0.25, -0.2) is 0 Å². The molecule has 94 valence electrons. The van der Waals surface area contributed by atoms with Gasteiger partial charge in [0.05, 0.1) is 13.2 Å². The molecule has 0 aromatic heterocycles. The van der Waals surface area contributed by atoms with Gasteiger partial charge < -0.3 is 14.8 Å². The minimum atomic E-state index is 0.415. The summed E-state index contributed by atoms with van der Waals surface area (Å²) in [6, 6.07) is 6.94. The Morgan fingerprint density at radius 1 is 1.47 bits per heavy atom. The van der Waals surface area contributed by atoms with Crippen molar-refractivity contribution >= 4 is 0 Å². The van der Waals surface area contributed by atoms with Gasteiger partial charge in [0.25, 0.3) is 0 Å². The summed E-state index contributed by atoms with van der Waals surface area (Å²) in [5, 5.41) is 3.44. The Balaban J connectivity index is 1.79. The molecule has 1 heterocycles. The smallest absolute Gasteiger partial charge is 0.122 e. The summed E-state index contributed by atoms with van der Waals surface area (Å²) in [6.07, 6.45) is 2.11. The summed E-state index contributed by atoms with van der Waals surface area (Å²) in [4.78, 5) is 0. The molecule has 1 unspecified atom stereocenters. The molecule has 1 aromatic carbocycles. The van der Waals surface area contributed by atoms with Crippen molar-refractivity contribution in [2.75, 3.05) is 26.9 Å². The van der Waals surface area contributed by atoms with Gasteiger partial charge in [0, 0.05) is 19.6 Å². The lowest BCUT2D eigenvalue weighted by Gasteiger charge is -2.12. The van der Waals surface area contributed by atoms with Gasteiger partial charge in [-0.2, -0.15) is 0 Å². The summed E-state index contributed by atoms with van der Waals surface area (Å²) in [5.41, 5.74) is 2.74. The summed E-state index contributed by atoms with van der Waals surface area (Å²) in [7, 11) is 1.73. The Bertz CT molecular complexity index is 365. The SMILES string of the molecule is COCC(C)NCCc1ccc2c(c1)CCO2. The van der Waals surface area contributed by atoms with Crippen LogP contribution in [0.1, 0.15) is 18.1 Å². The van der Waals surface area contributed by atoms with E-state index in [0.29, 0.717) is 6.04 Å². The maximum Gasteiger partial charge on any atom is 0.122 e. The number of rotatable bonds is 6. The third kappa shape index (κ3) is 3.45. The van der Waals surface area contributed by atoms with E-state index in [-0.39, 0.29) is 0 Å². The Labute approximate surface area is 103 Å². The van der Waals surface area contributed by atoms with Gasteiger partial charge in [0.1, 0.15) is 5.75 Å². The van der Waals surface area contributed by atoms with Gasteiger partial charge in [-0.15, -0.1) is 0 Å². The zero-order chi connectivity index (χ0) is 12.1. The van der Waals surface area contributed by atoms with Crippen molar-refractivity contribution in [3.8, 4) is 5.75 Å². The minimum absolute atomic E-state index is 0.415. The van der Waals surface area contributed by atoms with Crippen LogP contribution in [0.3, 0.4) is 0 Å². The molecule has 1 aromatic rings. The molecule has 1 N–H and O–H groups in total. The Morgan fingerprint density at radius 3 is 3.18 bits per heavy atom. The van der Waals surface area contributed by atoms with Crippen LogP contribution in [-0.4, -0.2) is 32.9 Å². The quantitative estimate of drug-likeness (QED) is 0.815. The predicted molar refractivity (Wildman–Crippen MR) is 68.7 cm³/mol. The topological polar surface area (TPSA) is 30.5 Å². The highest BCUT2D eigenvalue weighted by molar-refractivity contribution is 5.39. The molecule has 1 aliphatic heterocycles. The number of nitrogens with one attached hydrogen (secondary N) is 1. The van der Waals surface area contributed by atoms with Crippen molar-refractivity contribution < 1.29 is 9.47 Å². The summed E-state index contributed by atoms with van der Waals surface area (Å²) >= 11 is 0. The normalized spacial score (nSPS) is 15.4. The Hall–Kier alpha value is -1.06. The second kappa shape index (κ2) is 6.03. The highest BCUT2D eigenvalue weighted by atomic mass is 16.5. The van der Waals surface area contributed by atoms with Gasteiger partial charge in [-0.3, -0.25) is 0 Å². The van der Waals surface area contributed by atoms with Crippen molar-refractivity contribution in [3.63, 3.8) is 0 Å². The lowest BCUT2D eigenvalue weighted by Crippen LogP contribution is -2.31. The van der Waals surface area contributed by atoms with Gasteiger partial charge in [0.2, 0.25) is 0 Å². The fraction of sp³-hybridized carbons (Fsp3) is 0.571. The molecule has 3 nitrogen and oxygen atoms in total. The molecule has 0 amide bonds. The first-order chi connectivity index (χ1) is 8.29. The van der Waals surface area contributed by atoms with Crippen molar-refractivity contribution in [1.82, 2.24) is 5.32 Å². The lowest BCUT2D eigenvalue weighted by atomic mass is 10.1. The van der Waals surface area contributed by atoms with E-state index in [2.05, 4.69) is 30.4 Å². The van der Waals surface area contributed by atoms with Gasteiger partial charge in [0.15, 0.2) is 0 Å². The number of hydrogen-bond acceptors (Lipinski definition) is 3. The molecule has 1 aliphatic rings. The fourth-order valence-corrected chi connectivity index (χ4v) is 2.17. The van der Waals surface area contributed by atoms with Crippen LogP contribution in [0.5, 0.6) is 5.75 Å². The van der Waals surface area contributed by atoms with E-state index in [1.165, 1.54) is 11.1 Å². The average molecular weight is 235 g/mol. The molecule has 17 heavy (non-hydrogen) atoms. The second-order valence-electron chi connectivity index (χ2n) is 4.60. The molecular weight excluding hydrogens is 214 g/mol. The fourth-order valence-electron chi connectivity index (χ4n) is 2.17. The summed E-state index contributed by atoms with van der Waals surface area (Å²) in [5.74, 6) is 1.06. The van der Waals surface area contributed by atoms with Crippen LogP contribution >= 0.6 is 0 Å². The van der Waals surface area contributed by atoms with E-state index in [4.69, 9.17) is 9.47 Å². The van der Waals surface area contributed by atoms with Crippen molar-refractivity contribution in [1.29, 1.82) is 0 Å². The first-order valence-corrected chi connectivity index (χ1v) is 6.26. The van der Waals surface area contributed by atoms with Crippen LogP contribution in [0.15, 0.2) is 18.2 Å². The second-order valence-corrected chi connectivity index (χ2v) is 4.60. The maximum absolute atomic E-state index is 5.50. The zero-order valence-electron chi connectivity index (χ0n) is 10.7. The third-order valence-corrected chi connectivity index (χ3v) is 3.08. The highest BCUT2D eigenvalue weighted by Crippen LogP contribution is 2.25. The number of fused-ring (bicyclic) bond motifs is 1. The predicted octanol–water partition coefficient (Wildman–Crippen LogP) is 1.79. The molecule has 0 fully saturated rings. The third-order valence-electron chi connectivity index (χ3n) is 3.08. The standard InChI is InChI=1S/C14H21NO2/c1-11(10-16-2)15-7-5-12-3-4-14-13(9-12)6-8-17-14/h3-4,9,11,15H,5-8,10H2,1-2H3. The van der Waals surface area contributed by atoms with Gasteiger partial charge in [-0.05, 0) is 37.1 Å². The van der Waals surface area contributed by atoms with Crippen LogP contribution in [0.2, 0.25) is 0 Å². The van der Waals surface area contributed by atoms with E-state index < -0.39 is 0 Å². The van der Waals surface area contributed by atoms with Crippen molar-refractivity contribution in [3.05, 3.63) is 29.3 Å².